The lowest BCUT2D eigenvalue weighted by Gasteiger charge is -2.11. The molecule has 0 rings (SSSR count). The Hall–Kier alpha value is -0.0000000000000000555. The van der Waals surface area contributed by atoms with E-state index in [1.54, 1.807) is 19.9 Å². The predicted molar refractivity (Wildman–Crippen MR) is 56.1 cm³/mol. The second kappa shape index (κ2) is 4.89. The monoisotopic (exact) mass is 287 g/mol. The zero-order valence-corrected chi connectivity index (χ0v) is 9.52. The van der Waals surface area contributed by atoms with Crippen LogP contribution in [0.4, 0.5) is 8.78 Å². The van der Waals surface area contributed by atoms with Crippen molar-refractivity contribution < 1.29 is 8.78 Å². The van der Waals surface area contributed by atoms with E-state index in [-0.39, 0.29) is 12.1 Å². The van der Waals surface area contributed by atoms with Crippen LogP contribution in [0.5, 0.6) is 0 Å². The van der Waals surface area contributed by atoms with E-state index in [9.17, 15) is 8.78 Å². The number of hydrogen-bond acceptors (Lipinski definition) is 1. The van der Waals surface area contributed by atoms with Gasteiger partial charge in [0.1, 0.15) is 0 Å². The maximum absolute atomic E-state index is 12.7. The SMILES string of the molecule is C/C=C(/I)N=C(CC)C(C)(F)F. The molecule has 70 valence electrons. The van der Waals surface area contributed by atoms with Gasteiger partial charge in [0.2, 0.25) is 0 Å². The number of rotatable bonds is 3. The zero-order chi connectivity index (χ0) is 9.78. The highest BCUT2D eigenvalue weighted by atomic mass is 127. The number of allylic oxidation sites excluding steroid dienone is 1. The maximum Gasteiger partial charge on any atom is 0.283 e. The van der Waals surface area contributed by atoms with Crippen molar-refractivity contribution in [1.82, 2.24) is 0 Å². The summed E-state index contributed by atoms with van der Waals surface area (Å²) in [6, 6.07) is 0. The first kappa shape index (κ1) is 12.0. The summed E-state index contributed by atoms with van der Waals surface area (Å²) in [5, 5.41) is 0. The van der Waals surface area contributed by atoms with Crippen molar-refractivity contribution >= 4 is 28.3 Å². The van der Waals surface area contributed by atoms with Crippen molar-refractivity contribution in [3.63, 3.8) is 0 Å². The number of nitrogens with zero attached hydrogens (tertiary/aromatic N) is 1. The van der Waals surface area contributed by atoms with E-state index in [4.69, 9.17) is 0 Å². The molecule has 0 aromatic carbocycles. The Balaban J connectivity index is 4.68. The molecule has 0 bridgehead atoms. The first-order chi connectivity index (χ1) is 5.41. The molecule has 0 amide bonds. The Kier molecular flexibility index (Phi) is 4.89. The molecule has 0 saturated heterocycles. The number of halogens is 3. The van der Waals surface area contributed by atoms with Crippen LogP contribution >= 0.6 is 22.6 Å². The molecule has 1 nitrogen and oxygen atoms in total. The minimum Gasteiger partial charge on any atom is -0.245 e. The van der Waals surface area contributed by atoms with E-state index >= 15 is 0 Å². The van der Waals surface area contributed by atoms with Gasteiger partial charge in [-0.15, -0.1) is 0 Å². The molecule has 0 aliphatic rings. The number of hydrogen-bond donors (Lipinski definition) is 0. The highest BCUT2D eigenvalue weighted by Gasteiger charge is 2.27. The minimum atomic E-state index is -2.80. The van der Waals surface area contributed by atoms with Crippen molar-refractivity contribution in [2.45, 2.75) is 33.1 Å². The van der Waals surface area contributed by atoms with Gasteiger partial charge < -0.3 is 0 Å². The topological polar surface area (TPSA) is 12.4 Å². The smallest absolute Gasteiger partial charge is 0.245 e. The molecular weight excluding hydrogens is 275 g/mol. The van der Waals surface area contributed by atoms with Crippen LogP contribution in [0.15, 0.2) is 14.8 Å². The zero-order valence-electron chi connectivity index (χ0n) is 7.37. The van der Waals surface area contributed by atoms with Gasteiger partial charge in [-0.1, -0.05) is 13.0 Å². The molecule has 0 fully saturated rings. The molecule has 0 aliphatic heterocycles. The van der Waals surface area contributed by atoms with Crippen molar-refractivity contribution in [2.75, 3.05) is 0 Å². The third-order valence-corrected chi connectivity index (χ3v) is 2.19. The molecule has 12 heavy (non-hydrogen) atoms. The fraction of sp³-hybridized carbons (Fsp3) is 0.625. The molecule has 0 aromatic heterocycles. The minimum absolute atomic E-state index is 0.0648. The van der Waals surface area contributed by atoms with Gasteiger partial charge in [0.05, 0.1) is 9.42 Å². The molecule has 4 heteroatoms. The normalized spacial score (nSPS) is 15.2. The van der Waals surface area contributed by atoms with Crippen molar-refractivity contribution in [1.29, 1.82) is 0 Å². The first-order valence-electron chi connectivity index (χ1n) is 3.69. The molecule has 0 spiro atoms. The van der Waals surface area contributed by atoms with Gasteiger partial charge in [-0.05, 0) is 35.9 Å². The van der Waals surface area contributed by atoms with E-state index in [2.05, 4.69) is 4.99 Å². The summed E-state index contributed by atoms with van der Waals surface area (Å²) in [5.74, 6) is -2.80. The fourth-order valence-electron chi connectivity index (χ4n) is 0.681. The highest BCUT2D eigenvalue weighted by molar-refractivity contribution is 14.1. The van der Waals surface area contributed by atoms with Crippen LogP contribution in [-0.2, 0) is 0 Å². The summed E-state index contributed by atoms with van der Waals surface area (Å²) in [5.41, 5.74) is -0.0648. The molecule has 0 unspecified atom stereocenters. The lowest BCUT2D eigenvalue weighted by atomic mass is 10.2. The molecule has 0 saturated carbocycles. The van der Waals surface area contributed by atoms with E-state index in [1.807, 2.05) is 22.6 Å². The Labute approximate surface area is 85.1 Å². The first-order valence-corrected chi connectivity index (χ1v) is 4.77. The van der Waals surface area contributed by atoms with E-state index in [0.29, 0.717) is 3.70 Å². The standard InChI is InChI=1S/C8H12F2IN/c1-4-6(8(3,9)10)12-7(11)5-2/h5H,4H2,1-3H3/b7-5-,12-6?. The Morgan fingerprint density at radius 1 is 1.58 bits per heavy atom. The molecule has 0 aromatic rings. The summed E-state index contributed by atoms with van der Waals surface area (Å²) in [7, 11) is 0. The second-order valence-corrected chi connectivity index (χ2v) is 3.52. The van der Waals surface area contributed by atoms with Crippen molar-refractivity contribution in [3.8, 4) is 0 Å². The van der Waals surface area contributed by atoms with Gasteiger partial charge in [0, 0.05) is 6.92 Å². The summed E-state index contributed by atoms with van der Waals surface area (Å²) < 4.78 is 26.0. The second-order valence-electron chi connectivity index (χ2n) is 2.41. The van der Waals surface area contributed by atoms with Gasteiger partial charge in [-0.3, -0.25) is 0 Å². The molecule has 0 radical (unpaired) electrons. The van der Waals surface area contributed by atoms with Crippen molar-refractivity contribution in [3.05, 3.63) is 9.78 Å². The van der Waals surface area contributed by atoms with E-state index in [1.165, 1.54) is 0 Å². The summed E-state index contributed by atoms with van der Waals surface area (Å²) >= 11 is 1.92. The maximum atomic E-state index is 12.7. The van der Waals surface area contributed by atoms with Gasteiger partial charge >= 0.3 is 0 Å². The van der Waals surface area contributed by atoms with E-state index < -0.39 is 5.92 Å². The Morgan fingerprint density at radius 2 is 2.08 bits per heavy atom. The Morgan fingerprint density at radius 3 is 2.33 bits per heavy atom. The summed E-state index contributed by atoms with van der Waals surface area (Å²) in [4.78, 5) is 3.80. The Bertz CT molecular complexity index is 204. The molecule has 0 aliphatic carbocycles. The molecule has 0 atom stereocenters. The lowest BCUT2D eigenvalue weighted by molar-refractivity contribution is 0.0983. The third kappa shape index (κ3) is 4.13. The average molecular weight is 287 g/mol. The van der Waals surface area contributed by atoms with Gasteiger partial charge in [-0.25, -0.2) is 13.8 Å². The van der Waals surface area contributed by atoms with Crippen LogP contribution < -0.4 is 0 Å². The summed E-state index contributed by atoms with van der Waals surface area (Å²) in [6.45, 7) is 4.32. The van der Waals surface area contributed by atoms with Crippen LogP contribution in [-0.4, -0.2) is 11.6 Å². The van der Waals surface area contributed by atoms with Crippen LogP contribution in [0.25, 0.3) is 0 Å². The van der Waals surface area contributed by atoms with Crippen LogP contribution in [0.3, 0.4) is 0 Å². The summed E-state index contributed by atoms with van der Waals surface area (Å²) in [6.07, 6.45) is 1.98. The highest BCUT2D eigenvalue weighted by Crippen LogP contribution is 2.20. The van der Waals surface area contributed by atoms with Crippen molar-refractivity contribution in [2.24, 2.45) is 4.99 Å². The largest absolute Gasteiger partial charge is 0.283 e. The van der Waals surface area contributed by atoms with Crippen LogP contribution in [0.2, 0.25) is 0 Å². The van der Waals surface area contributed by atoms with Gasteiger partial charge in [0.15, 0.2) is 0 Å². The van der Waals surface area contributed by atoms with Gasteiger partial charge in [0.25, 0.3) is 5.92 Å². The quantitative estimate of drug-likeness (QED) is 0.425. The molecule has 0 N–H and O–H groups in total. The molecular formula is C8H12F2IN. The number of alkyl halides is 2. The third-order valence-electron chi connectivity index (χ3n) is 1.32. The lowest BCUT2D eigenvalue weighted by Crippen LogP contribution is -2.23. The van der Waals surface area contributed by atoms with Crippen LogP contribution in [0, 0.1) is 0 Å². The molecule has 0 heterocycles. The average Bonchev–Trinajstić information content (AvgIpc) is 1.97. The fourth-order valence-corrected chi connectivity index (χ4v) is 0.972. The predicted octanol–water partition coefficient (Wildman–Crippen LogP) is 3.79. The number of aliphatic imine (C=N–C) groups is 1. The van der Waals surface area contributed by atoms with Crippen LogP contribution in [0.1, 0.15) is 27.2 Å². The van der Waals surface area contributed by atoms with Gasteiger partial charge in [-0.2, -0.15) is 0 Å². The van der Waals surface area contributed by atoms with E-state index in [0.717, 1.165) is 6.92 Å².